The molecule has 0 aromatic heterocycles. The lowest BCUT2D eigenvalue weighted by atomic mass is 10.1. The van der Waals surface area contributed by atoms with Gasteiger partial charge in [0.05, 0.1) is 0 Å². The summed E-state index contributed by atoms with van der Waals surface area (Å²) < 4.78 is 18.4. The summed E-state index contributed by atoms with van der Waals surface area (Å²) >= 11 is 0. The van der Waals surface area contributed by atoms with Gasteiger partial charge in [-0.3, -0.25) is 4.79 Å². The van der Waals surface area contributed by atoms with Crippen molar-refractivity contribution in [2.24, 2.45) is 5.92 Å². The van der Waals surface area contributed by atoms with Crippen molar-refractivity contribution in [3.63, 3.8) is 0 Å². The van der Waals surface area contributed by atoms with Gasteiger partial charge >= 0.3 is 0 Å². The molecule has 6 heteroatoms. The number of anilines is 1. The third-order valence-electron chi connectivity index (χ3n) is 3.72. The predicted molar refractivity (Wildman–Crippen MR) is 89.5 cm³/mol. The fraction of sp³-hybridized carbons (Fsp3) is 0.158. The van der Waals surface area contributed by atoms with Crippen LogP contribution < -0.4 is 10.1 Å². The molecule has 0 aliphatic heterocycles. The summed E-state index contributed by atoms with van der Waals surface area (Å²) in [4.78, 5) is 12.1. The first kappa shape index (κ1) is 16.5. The number of amides is 1. The molecule has 2 N–H and O–H groups in total. The number of carbonyl (C=O) groups is 1. The largest absolute Gasteiger partial charge is 0.510 e. The van der Waals surface area contributed by atoms with E-state index in [1.807, 2.05) is 0 Å². The summed E-state index contributed by atoms with van der Waals surface area (Å²) in [5.41, 5.74) is 0.210. The van der Waals surface area contributed by atoms with Gasteiger partial charge in [-0.2, -0.15) is 5.26 Å². The molecular formula is C19H15FN2O3. The van der Waals surface area contributed by atoms with Crippen LogP contribution in [-0.4, -0.2) is 11.0 Å². The number of nitrogens with one attached hydrogen (secondary N) is 1. The maximum atomic E-state index is 12.9. The van der Waals surface area contributed by atoms with Crippen molar-refractivity contribution in [3.05, 3.63) is 65.7 Å². The molecule has 25 heavy (non-hydrogen) atoms. The summed E-state index contributed by atoms with van der Waals surface area (Å²) in [5, 5.41) is 21.5. The molecule has 1 saturated carbocycles. The number of ether oxygens (including phenoxy) is 1. The number of hydrogen-bond donors (Lipinski definition) is 2. The number of benzene rings is 2. The van der Waals surface area contributed by atoms with Crippen molar-refractivity contribution < 1.29 is 19.0 Å². The monoisotopic (exact) mass is 338 g/mol. The number of halogens is 1. The van der Waals surface area contributed by atoms with Crippen LogP contribution in [0, 0.1) is 23.1 Å². The number of allylic oxidation sites excluding steroid dienone is 1. The minimum Gasteiger partial charge on any atom is -0.510 e. The fourth-order valence-corrected chi connectivity index (χ4v) is 2.22. The summed E-state index contributed by atoms with van der Waals surface area (Å²) in [5.74, 6) is -0.202. The van der Waals surface area contributed by atoms with Crippen LogP contribution in [0.5, 0.6) is 11.5 Å². The average molecular weight is 338 g/mol. The van der Waals surface area contributed by atoms with Gasteiger partial charge in [0, 0.05) is 11.6 Å². The molecule has 1 aliphatic carbocycles. The van der Waals surface area contributed by atoms with Crippen molar-refractivity contribution in [1.29, 1.82) is 5.26 Å². The second-order valence-electron chi connectivity index (χ2n) is 5.68. The number of rotatable bonds is 5. The van der Waals surface area contributed by atoms with Crippen LogP contribution in [0.15, 0.2) is 59.9 Å². The van der Waals surface area contributed by atoms with Crippen LogP contribution in [0.3, 0.4) is 0 Å². The van der Waals surface area contributed by atoms with Crippen LogP contribution >= 0.6 is 0 Å². The van der Waals surface area contributed by atoms with Crippen molar-refractivity contribution >= 4 is 11.6 Å². The molecule has 2 aromatic rings. The lowest BCUT2D eigenvalue weighted by molar-refractivity contribution is -0.112. The van der Waals surface area contributed by atoms with Crippen LogP contribution in [0.25, 0.3) is 0 Å². The highest BCUT2D eigenvalue weighted by Crippen LogP contribution is 2.36. The molecule has 0 unspecified atom stereocenters. The van der Waals surface area contributed by atoms with E-state index in [1.54, 1.807) is 30.3 Å². The highest BCUT2D eigenvalue weighted by Gasteiger charge is 2.30. The summed E-state index contributed by atoms with van der Waals surface area (Å²) in [6.07, 6.45) is 1.58. The normalized spacial score (nSPS) is 14.2. The Labute approximate surface area is 144 Å². The van der Waals surface area contributed by atoms with Gasteiger partial charge in [0.2, 0.25) is 0 Å². The molecule has 5 nitrogen and oxygen atoms in total. The third kappa shape index (κ3) is 4.15. The van der Waals surface area contributed by atoms with Crippen LogP contribution in [0.2, 0.25) is 0 Å². The van der Waals surface area contributed by atoms with E-state index >= 15 is 0 Å². The second kappa shape index (κ2) is 7.05. The number of carbonyl (C=O) groups excluding carboxylic acids is 1. The predicted octanol–water partition coefficient (Wildman–Crippen LogP) is 4.30. The fourth-order valence-electron chi connectivity index (χ4n) is 2.22. The Balaban J connectivity index is 1.66. The van der Waals surface area contributed by atoms with E-state index in [9.17, 15) is 14.3 Å². The van der Waals surface area contributed by atoms with Crippen molar-refractivity contribution in [3.8, 4) is 17.6 Å². The van der Waals surface area contributed by atoms with Gasteiger partial charge in [-0.15, -0.1) is 0 Å². The Morgan fingerprint density at radius 3 is 2.20 bits per heavy atom. The second-order valence-corrected chi connectivity index (χ2v) is 5.68. The molecule has 0 saturated heterocycles. The van der Waals surface area contributed by atoms with E-state index in [2.05, 4.69) is 5.32 Å². The number of hydrogen-bond acceptors (Lipinski definition) is 4. The Kier molecular flexibility index (Phi) is 4.66. The highest BCUT2D eigenvalue weighted by atomic mass is 19.1. The highest BCUT2D eigenvalue weighted by molar-refractivity contribution is 6.07. The van der Waals surface area contributed by atoms with Gasteiger partial charge in [-0.1, -0.05) is 0 Å². The van der Waals surface area contributed by atoms with E-state index in [1.165, 1.54) is 24.3 Å². The molecule has 126 valence electrons. The quantitative estimate of drug-likeness (QED) is 0.484. The molecule has 1 aliphatic rings. The van der Waals surface area contributed by atoms with E-state index in [4.69, 9.17) is 10.00 Å². The summed E-state index contributed by atoms with van der Waals surface area (Å²) in [6.45, 7) is 0. The third-order valence-corrected chi connectivity index (χ3v) is 3.72. The molecule has 0 atom stereocenters. The first-order valence-electron chi connectivity index (χ1n) is 7.75. The molecule has 0 heterocycles. The van der Waals surface area contributed by atoms with Crippen molar-refractivity contribution in [2.45, 2.75) is 12.8 Å². The van der Waals surface area contributed by atoms with E-state index in [0.29, 0.717) is 17.2 Å². The van der Waals surface area contributed by atoms with E-state index in [-0.39, 0.29) is 23.1 Å². The number of nitriles is 1. The van der Waals surface area contributed by atoms with Crippen LogP contribution in [0.1, 0.15) is 12.8 Å². The Hall–Kier alpha value is -3.33. The SMILES string of the molecule is N#CC(C(=O)Nc1ccc(Oc2ccc(F)cc2)cc1)=C(O)C1CC1. The maximum absolute atomic E-state index is 12.9. The van der Waals surface area contributed by atoms with Crippen molar-refractivity contribution in [1.82, 2.24) is 0 Å². The molecular weight excluding hydrogens is 323 g/mol. The molecule has 2 aromatic carbocycles. The lowest BCUT2D eigenvalue weighted by Crippen LogP contribution is -2.15. The first-order chi connectivity index (χ1) is 12.1. The van der Waals surface area contributed by atoms with E-state index < -0.39 is 5.91 Å². The topological polar surface area (TPSA) is 82.4 Å². The Morgan fingerprint density at radius 2 is 1.68 bits per heavy atom. The number of aliphatic hydroxyl groups excluding tert-OH is 1. The Morgan fingerprint density at radius 1 is 1.12 bits per heavy atom. The number of nitrogens with zero attached hydrogens (tertiary/aromatic N) is 1. The van der Waals surface area contributed by atoms with Gasteiger partial charge in [-0.25, -0.2) is 4.39 Å². The minimum atomic E-state index is -0.640. The van der Waals surface area contributed by atoms with Gasteiger partial charge < -0.3 is 15.2 Å². The lowest BCUT2D eigenvalue weighted by Gasteiger charge is -2.08. The molecule has 0 bridgehead atoms. The zero-order valence-electron chi connectivity index (χ0n) is 13.2. The average Bonchev–Trinajstić information content (AvgIpc) is 3.44. The van der Waals surface area contributed by atoms with E-state index in [0.717, 1.165) is 12.8 Å². The molecule has 0 spiro atoms. The first-order valence-corrected chi connectivity index (χ1v) is 7.75. The minimum absolute atomic E-state index is 0.0770. The van der Waals surface area contributed by atoms with Crippen LogP contribution in [0.4, 0.5) is 10.1 Å². The van der Waals surface area contributed by atoms with Gasteiger partial charge in [0.15, 0.2) is 5.57 Å². The van der Waals surface area contributed by atoms with Gasteiger partial charge in [0.25, 0.3) is 5.91 Å². The maximum Gasteiger partial charge on any atom is 0.269 e. The van der Waals surface area contributed by atoms with Crippen molar-refractivity contribution in [2.75, 3.05) is 5.32 Å². The van der Waals surface area contributed by atoms with Gasteiger partial charge in [-0.05, 0) is 61.4 Å². The Bertz CT molecular complexity index is 848. The molecule has 3 rings (SSSR count). The van der Waals surface area contributed by atoms with Gasteiger partial charge in [0.1, 0.15) is 29.1 Å². The molecule has 1 amide bonds. The molecule has 1 fully saturated rings. The zero-order chi connectivity index (χ0) is 17.8. The zero-order valence-corrected chi connectivity index (χ0v) is 13.2. The van der Waals surface area contributed by atoms with Crippen LogP contribution in [-0.2, 0) is 4.79 Å². The summed E-state index contributed by atoms with van der Waals surface area (Å²) in [7, 11) is 0. The standard InChI is InChI=1S/C19H15FN2O3/c20-13-3-7-15(8-4-13)25-16-9-5-14(6-10-16)22-19(24)17(11-21)18(23)12-1-2-12/h3-10,12,23H,1-2H2,(H,22,24). The number of aliphatic hydroxyl groups is 1. The smallest absolute Gasteiger partial charge is 0.269 e. The summed E-state index contributed by atoms with van der Waals surface area (Å²) in [6, 6.07) is 13.9. The molecule has 0 radical (unpaired) electrons.